The summed E-state index contributed by atoms with van der Waals surface area (Å²) < 4.78 is 0. The van der Waals surface area contributed by atoms with Gasteiger partial charge in [-0.1, -0.05) is 30.3 Å². The van der Waals surface area contributed by atoms with Gasteiger partial charge >= 0.3 is 0 Å². The molecule has 0 unspecified atom stereocenters. The number of hydrogen-bond acceptors (Lipinski definition) is 2. The average Bonchev–Trinajstić information content (AvgIpc) is 3.16. The molecule has 0 fully saturated rings. The Morgan fingerprint density at radius 1 is 1.07 bits per heavy atom. The number of guanidine groups is 1. The third kappa shape index (κ3) is 5.16. The maximum Gasteiger partial charge on any atom is 0.251 e. The molecule has 4 N–H and O–H groups in total. The minimum atomic E-state index is -0.0650. The third-order valence-corrected chi connectivity index (χ3v) is 5.04. The summed E-state index contributed by atoms with van der Waals surface area (Å²) in [6, 6.07) is 14.1. The maximum absolute atomic E-state index is 11.8. The molecule has 1 heterocycles. The summed E-state index contributed by atoms with van der Waals surface area (Å²) in [6.07, 6.45) is 3.82. The van der Waals surface area contributed by atoms with Gasteiger partial charge in [-0.25, -0.2) is 0 Å². The van der Waals surface area contributed by atoms with Crippen molar-refractivity contribution in [1.82, 2.24) is 20.9 Å². The van der Waals surface area contributed by atoms with Gasteiger partial charge < -0.3 is 20.9 Å². The number of rotatable bonds is 7. The van der Waals surface area contributed by atoms with Gasteiger partial charge in [-0.2, -0.15) is 0 Å². The summed E-state index contributed by atoms with van der Waals surface area (Å²) in [5, 5.41) is 10.6. The zero-order chi connectivity index (χ0) is 20.6. The molecule has 6 nitrogen and oxygen atoms in total. The number of aliphatic imine (C=N–C) groups is 1. The predicted octanol–water partition coefficient (Wildman–Crippen LogP) is 2.79. The van der Waals surface area contributed by atoms with Crippen molar-refractivity contribution in [2.75, 3.05) is 27.2 Å². The van der Waals surface area contributed by atoms with Crippen LogP contribution in [0.2, 0.25) is 0 Å². The first-order valence-corrected chi connectivity index (χ1v) is 9.93. The van der Waals surface area contributed by atoms with Gasteiger partial charge in [0, 0.05) is 49.8 Å². The molecule has 1 amide bonds. The average molecular weight is 392 g/mol. The van der Waals surface area contributed by atoms with Gasteiger partial charge in [0.05, 0.1) is 0 Å². The summed E-state index contributed by atoms with van der Waals surface area (Å²) in [7, 11) is 3.42. The van der Waals surface area contributed by atoms with Crippen LogP contribution in [0.15, 0.2) is 53.7 Å². The number of para-hydroxylation sites is 1. The van der Waals surface area contributed by atoms with Crippen LogP contribution in [0.3, 0.4) is 0 Å². The molecule has 0 saturated heterocycles. The van der Waals surface area contributed by atoms with Crippen LogP contribution in [-0.2, 0) is 12.8 Å². The molecule has 0 aliphatic rings. The molecule has 0 aliphatic heterocycles. The molecule has 1 aromatic heterocycles. The summed E-state index contributed by atoms with van der Waals surface area (Å²) in [5.41, 5.74) is 5.58. The zero-order valence-electron chi connectivity index (χ0n) is 17.3. The summed E-state index contributed by atoms with van der Waals surface area (Å²) >= 11 is 0. The van der Waals surface area contributed by atoms with Crippen molar-refractivity contribution in [3.05, 3.63) is 70.9 Å². The van der Waals surface area contributed by atoms with E-state index in [9.17, 15) is 4.79 Å². The molecular weight excluding hydrogens is 362 g/mol. The molecular formula is C23H29N5O. The highest BCUT2D eigenvalue weighted by Crippen LogP contribution is 2.21. The lowest BCUT2D eigenvalue weighted by Crippen LogP contribution is -2.39. The van der Waals surface area contributed by atoms with Gasteiger partial charge in [-0.15, -0.1) is 0 Å². The van der Waals surface area contributed by atoms with E-state index in [4.69, 9.17) is 0 Å². The molecule has 0 aliphatic carbocycles. The Kier molecular flexibility index (Phi) is 6.89. The van der Waals surface area contributed by atoms with Crippen molar-refractivity contribution in [1.29, 1.82) is 0 Å². The van der Waals surface area contributed by atoms with Gasteiger partial charge in [0.25, 0.3) is 5.91 Å². The second-order valence-corrected chi connectivity index (χ2v) is 7.02. The molecule has 0 spiro atoms. The minimum Gasteiger partial charge on any atom is -0.361 e. The van der Waals surface area contributed by atoms with Crippen LogP contribution in [0.5, 0.6) is 0 Å². The van der Waals surface area contributed by atoms with E-state index in [1.807, 2.05) is 24.3 Å². The van der Waals surface area contributed by atoms with E-state index in [1.165, 1.54) is 22.0 Å². The van der Waals surface area contributed by atoms with Crippen LogP contribution in [0.4, 0.5) is 0 Å². The van der Waals surface area contributed by atoms with Gasteiger partial charge in [0.15, 0.2) is 5.96 Å². The molecule has 0 atom stereocenters. The number of aromatic nitrogens is 1. The number of fused-ring (bicyclic) bond motifs is 1. The maximum atomic E-state index is 11.8. The van der Waals surface area contributed by atoms with E-state index < -0.39 is 0 Å². The van der Waals surface area contributed by atoms with Crippen molar-refractivity contribution in [3.8, 4) is 0 Å². The first kappa shape index (κ1) is 20.5. The van der Waals surface area contributed by atoms with E-state index in [0.717, 1.165) is 37.5 Å². The lowest BCUT2D eigenvalue weighted by Gasteiger charge is -2.12. The van der Waals surface area contributed by atoms with Crippen molar-refractivity contribution in [3.63, 3.8) is 0 Å². The Balaban J connectivity index is 1.47. The molecule has 0 saturated carbocycles. The Morgan fingerprint density at radius 2 is 1.83 bits per heavy atom. The van der Waals surface area contributed by atoms with Crippen LogP contribution in [0.25, 0.3) is 10.9 Å². The zero-order valence-corrected chi connectivity index (χ0v) is 17.3. The number of carbonyl (C=O) groups excluding carboxylic acids is 1. The third-order valence-electron chi connectivity index (χ3n) is 5.04. The van der Waals surface area contributed by atoms with E-state index in [0.29, 0.717) is 5.56 Å². The summed E-state index contributed by atoms with van der Waals surface area (Å²) in [6.45, 7) is 3.66. The first-order chi connectivity index (χ1) is 14.1. The number of amides is 1. The number of carbonyl (C=O) groups is 1. The normalized spacial score (nSPS) is 11.5. The predicted molar refractivity (Wildman–Crippen MR) is 120 cm³/mol. The van der Waals surface area contributed by atoms with E-state index >= 15 is 0 Å². The fourth-order valence-electron chi connectivity index (χ4n) is 3.44. The van der Waals surface area contributed by atoms with Crippen LogP contribution >= 0.6 is 0 Å². The van der Waals surface area contributed by atoms with Gasteiger partial charge in [-0.05, 0) is 48.6 Å². The molecule has 3 rings (SSSR count). The van der Waals surface area contributed by atoms with Crippen molar-refractivity contribution < 1.29 is 4.79 Å². The molecule has 6 heteroatoms. The Bertz CT molecular complexity index is 1010. The summed E-state index contributed by atoms with van der Waals surface area (Å²) in [5.74, 6) is 0.716. The second kappa shape index (κ2) is 9.78. The fraction of sp³-hybridized carbons (Fsp3) is 0.304. The quantitative estimate of drug-likeness (QED) is 0.369. The highest BCUT2D eigenvalue weighted by atomic mass is 16.1. The number of H-pyrrole nitrogens is 1. The molecule has 3 aromatic rings. The van der Waals surface area contributed by atoms with Crippen molar-refractivity contribution >= 4 is 22.8 Å². The Labute approximate surface area is 171 Å². The Hall–Kier alpha value is -3.28. The monoisotopic (exact) mass is 391 g/mol. The first-order valence-electron chi connectivity index (χ1n) is 9.93. The lowest BCUT2D eigenvalue weighted by atomic mass is 10.1. The van der Waals surface area contributed by atoms with Crippen LogP contribution < -0.4 is 16.0 Å². The smallest absolute Gasteiger partial charge is 0.251 e. The SMILES string of the molecule is CN=C(NCCc1cccc(C(=O)NC)c1)NCCc1c[nH]c2c(C)cccc12. The number of aryl methyl sites for hydroxylation is 1. The van der Waals surface area contributed by atoms with E-state index in [1.54, 1.807) is 14.1 Å². The Morgan fingerprint density at radius 3 is 2.59 bits per heavy atom. The molecule has 29 heavy (non-hydrogen) atoms. The van der Waals surface area contributed by atoms with E-state index in [-0.39, 0.29) is 5.91 Å². The van der Waals surface area contributed by atoms with Gasteiger partial charge in [0.1, 0.15) is 0 Å². The second-order valence-electron chi connectivity index (χ2n) is 7.02. The number of hydrogen-bond donors (Lipinski definition) is 4. The molecule has 152 valence electrons. The van der Waals surface area contributed by atoms with Crippen molar-refractivity contribution in [2.45, 2.75) is 19.8 Å². The standard InChI is InChI=1S/C23H29N5O/c1-16-6-4-9-20-19(15-28-21(16)20)11-13-27-23(25-3)26-12-10-17-7-5-8-18(14-17)22(29)24-2/h4-9,14-15,28H,10-13H2,1-3H3,(H,24,29)(H2,25,26,27). The highest BCUT2D eigenvalue weighted by Gasteiger charge is 2.06. The number of nitrogens with zero attached hydrogens (tertiary/aromatic N) is 1. The topological polar surface area (TPSA) is 81.3 Å². The number of aromatic amines is 1. The van der Waals surface area contributed by atoms with Crippen LogP contribution in [0, 0.1) is 6.92 Å². The van der Waals surface area contributed by atoms with Crippen LogP contribution in [0.1, 0.15) is 27.0 Å². The highest BCUT2D eigenvalue weighted by molar-refractivity contribution is 5.94. The minimum absolute atomic E-state index is 0.0650. The number of nitrogens with one attached hydrogen (secondary N) is 4. The largest absolute Gasteiger partial charge is 0.361 e. The van der Waals surface area contributed by atoms with Crippen molar-refractivity contribution in [2.24, 2.45) is 4.99 Å². The lowest BCUT2D eigenvalue weighted by molar-refractivity contribution is 0.0963. The van der Waals surface area contributed by atoms with Crippen LogP contribution in [-0.4, -0.2) is 44.0 Å². The van der Waals surface area contributed by atoms with E-state index in [2.05, 4.69) is 57.2 Å². The fourth-order valence-corrected chi connectivity index (χ4v) is 3.44. The number of benzene rings is 2. The van der Waals surface area contributed by atoms with Gasteiger partial charge in [0.2, 0.25) is 0 Å². The molecule has 2 aromatic carbocycles. The molecule has 0 bridgehead atoms. The molecule has 0 radical (unpaired) electrons. The van der Waals surface area contributed by atoms with Gasteiger partial charge in [-0.3, -0.25) is 9.79 Å². The summed E-state index contributed by atoms with van der Waals surface area (Å²) in [4.78, 5) is 19.4.